The van der Waals surface area contributed by atoms with Gasteiger partial charge in [0.2, 0.25) is 0 Å². The molecule has 0 saturated carbocycles. The van der Waals surface area contributed by atoms with Gasteiger partial charge in [0.05, 0.1) is 5.56 Å². The second-order valence-corrected chi connectivity index (χ2v) is 4.26. The summed E-state index contributed by atoms with van der Waals surface area (Å²) < 4.78 is 0. The summed E-state index contributed by atoms with van der Waals surface area (Å²) in [5.41, 5.74) is 3.76. The Morgan fingerprint density at radius 2 is 1.94 bits per heavy atom. The maximum atomic E-state index is 12.1. The lowest BCUT2D eigenvalue weighted by Crippen LogP contribution is -1.96. The molecular formula is C14H15NO. The number of carbonyl (C=O) groups is 1. The molecule has 1 aromatic carbocycles. The minimum atomic E-state index is 0.0787. The highest BCUT2D eigenvalue weighted by Crippen LogP contribution is 2.22. The van der Waals surface area contributed by atoms with Crippen LogP contribution in [0.1, 0.15) is 29.9 Å². The summed E-state index contributed by atoms with van der Waals surface area (Å²) in [5, 5.41) is 1.00. The molecule has 0 atom stereocenters. The summed E-state index contributed by atoms with van der Waals surface area (Å²) >= 11 is 0. The Morgan fingerprint density at radius 3 is 2.62 bits per heavy atom. The lowest BCUT2D eigenvalue weighted by Gasteiger charge is -1.96. The highest BCUT2D eigenvalue weighted by Gasteiger charge is 2.13. The molecule has 0 radical (unpaired) electrons. The third kappa shape index (κ3) is 1.78. The second-order valence-electron chi connectivity index (χ2n) is 4.26. The van der Waals surface area contributed by atoms with Crippen molar-refractivity contribution in [3.63, 3.8) is 0 Å². The first kappa shape index (κ1) is 10.7. The molecule has 0 spiro atoms. The van der Waals surface area contributed by atoms with Crippen LogP contribution in [0.15, 0.2) is 35.9 Å². The molecule has 16 heavy (non-hydrogen) atoms. The smallest absolute Gasteiger partial charge is 0.188 e. The van der Waals surface area contributed by atoms with Crippen LogP contribution in [0.5, 0.6) is 0 Å². The largest absolute Gasteiger partial charge is 0.358 e. The first-order valence-electron chi connectivity index (χ1n) is 5.36. The van der Waals surface area contributed by atoms with Crippen LogP contribution in [0.25, 0.3) is 10.9 Å². The zero-order valence-corrected chi connectivity index (χ0v) is 9.79. The van der Waals surface area contributed by atoms with Crippen molar-refractivity contribution in [3.8, 4) is 0 Å². The van der Waals surface area contributed by atoms with Crippen molar-refractivity contribution in [2.45, 2.75) is 20.8 Å². The van der Waals surface area contributed by atoms with Gasteiger partial charge in [-0.2, -0.15) is 0 Å². The monoisotopic (exact) mass is 213 g/mol. The summed E-state index contributed by atoms with van der Waals surface area (Å²) in [5.74, 6) is 0.0787. The van der Waals surface area contributed by atoms with Crippen molar-refractivity contribution in [3.05, 3.63) is 47.2 Å². The van der Waals surface area contributed by atoms with Crippen LogP contribution >= 0.6 is 0 Å². The highest BCUT2D eigenvalue weighted by atomic mass is 16.1. The van der Waals surface area contributed by atoms with E-state index < -0.39 is 0 Å². The van der Waals surface area contributed by atoms with Gasteiger partial charge in [0.25, 0.3) is 0 Å². The fourth-order valence-electron chi connectivity index (χ4n) is 1.93. The minimum absolute atomic E-state index is 0.0787. The molecule has 1 heterocycles. The van der Waals surface area contributed by atoms with Crippen LogP contribution in [0.4, 0.5) is 0 Å². The van der Waals surface area contributed by atoms with Crippen LogP contribution in [-0.2, 0) is 0 Å². The number of ketones is 1. The predicted molar refractivity (Wildman–Crippen MR) is 66.8 cm³/mol. The van der Waals surface area contributed by atoms with Gasteiger partial charge in [-0.05, 0) is 32.9 Å². The summed E-state index contributed by atoms with van der Waals surface area (Å²) in [6.07, 6.45) is 1.68. The lowest BCUT2D eigenvalue weighted by molar-refractivity contribution is 0.104. The van der Waals surface area contributed by atoms with Crippen LogP contribution in [0, 0.1) is 6.92 Å². The molecule has 2 nitrogen and oxygen atoms in total. The number of aromatic amines is 1. The van der Waals surface area contributed by atoms with E-state index in [9.17, 15) is 4.79 Å². The van der Waals surface area contributed by atoms with Gasteiger partial charge in [-0.15, -0.1) is 0 Å². The molecule has 82 valence electrons. The molecule has 0 unspecified atom stereocenters. The molecule has 0 bridgehead atoms. The Kier molecular flexibility index (Phi) is 2.65. The average Bonchev–Trinajstić information content (AvgIpc) is 2.52. The van der Waals surface area contributed by atoms with Gasteiger partial charge in [-0.1, -0.05) is 23.8 Å². The third-order valence-electron chi connectivity index (χ3n) is 2.56. The van der Waals surface area contributed by atoms with Gasteiger partial charge in [-0.3, -0.25) is 4.79 Å². The third-order valence-corrected chi connectivity index (χ3v) is 2.56. The second kappa shape index (κ2) is 3.97. The van der Waals surface area contributed by atoms with E-state index in [1.54, 1.807) is 6.08 Å². The summed E-state index contributed by atoms with van der Waals surface area (Å²) in [4.78, 5) is 15.3. The normalized spacial score (nSPS) is 10.4. The van der Waals surface area contributed by atoms with E-state index in [0.717, 1.165) is 27.7 Å². The van der Waals surface area contributed by atoms with Gasteiger partial charge < -0.3 is 4.98 Å². The number of allylic oxidation sites excluding steroid dienone is 2. The molecule has 0 aliphatic rings. The number of fused-ring (bicyclic) bond motifs is 1. The first-order valence-corrected chi connectivity index (χ1v) is 5.36. The lowest BCUT2D eigenvalue weighted by atomic mass is 10.1. The number of benzene rings is 1. The van der Waals surface area contributed by atoms with E-state index in [-0.39, 0.29) is 5.78 Å². The fraction of sp³-hybridized carbons (Fsp3) is 0.214. The number of hydrogen-bond acceptors (Lipinski definition) is 1. The van der Waals surface area contributed by atoms with E-state index in [4.69, 9.17) is 0 Å². The number of nitrogens with one attached hydrogen (secondary N) is 1. The molecule has 2 aromatic rings. The van der Waals surface area contributed by atoms with E-state index in [0.29, 0.717) is 0 Å². The van der Waals surface area contributed by atoms with Crippen LogP contribution in [-0.4, -0.2) is 10.8 Å². The Morgan fingerprint density at radius 1 is 1.25 bits per heavy atom. The molecule has 0 saturated heterocycles. The zero-order valence-electron chi connectivity index (χ0n) is 9.79. The van der Waals surface area contributed by atoms with Crippen LogP contribution in [0.2, 0.25) is 0 Å². The number of carbonyl (C=O) groups excluding carboxylic acids is 1. The summed E-state index contributed by atoms with van der Waals surface area (Å²) in [7, 11) is 0. The SMILES string of the molecule is CC(C)=CC(=O)c1c(C)[nH]c2ccccc12. The number of H-pyrrole nitrogens is 1. The zero-order chi connectivity index (χ0) is 11.7. The number of aromatic nitrogens is 1. The number of aryl methyl sites for hydroxylation is 1. The van der Waals surface area contributed by atoms with Crippen molar-refractivity contribution >= 4 is 16.7 Å². The average molecular weight is 213 g/mol. The van der Waals surface area contributed by atoms with Crippen molar-refractivity contribution in [2.24, 2.45) is 0 Å². The summed E-state index contributed by atoms with van der Waals surface area (Å²) in [6, 6.07) is 7.88. The molecule has 1 N–H and O–H groups in total. The van der Waals surface area contributed by atoms with E-state index in [1.165, 1.54) is 0 Å². The Balaban J connectivity index is 2.64. The van der Waals surface area contributed by atoms with Gasteiger partial charge in [-0.25, -0.2) is 0 Å². The van der Waals surface area contributed by atoms with Gasteiger partial charge in [0, 0.05) is 16.6 Å². The molecule has 0 amide bonds. The van der Waals surface area contributed by atoms with Crippen LogP contribution in [0.3, 0.4) is 0 Å². The van der Waals surface area contributed by atoms with E-state index in [2.05, 4.69) is 4.98 Å². The standard InChI is InChI=1S/C14H15NO/c1-9(2)8-13(16)14-10(3)15-12-7-5-4-6-11(12)14/h4-8,15H,1-3H3. The summed E-state index contributed by atoms with van der Waals surface area (Å²) in [6.45, 7) is 5.80. The van der Waals surface area contributed by atoms with Crippen LogP contribution < -0.4 is 0 Å². The van der Waals surface area contributed by atoms with E-state index >= 15 is 0 Å². The van der Waals surface area contributed by atoms with Crippen molar-refractivity contribution < 1.29 is 4.79 Å². The number of hydrogen-bond donors (Lipinski definition) is 1. The van der Waals surface area contributed by atoms with Gasteiger partial charge in [0.1, 0.15) is 0 Å². The fourth-order valence-corrected chi connectivity index (χ4v) is 1.93. The first-order chi connectivity index (χ1) is 7.59. The highest BCUT2D eigenvalue weighted by molar-refractivity contribution is 6.14. The maximum absolute atomic E-state index is 12.1. The molecule has 2 rings (SSSR count). The van der Waals surface area contributed by atoms with Crippen molar-refractivity contribution in [1.29, 1.82) is 0 Å². The number of rotatable bonds is 2. The van der Waals surface area contributed by atoms with Gasteiger partial charge in [0.15, 0.2) is 5.78 Å². The predicted octanol–water partition coefficient (Wildman–Crippen LogP) is 3.63. The van der Waals surface area contributed by atoms with Gasteiger partial charge >= 0.3 is 0 Å². The Bertz CT molecular complexity index is 571. The molecule has 1 aromatic heterocycles. The Hall–Kier alpha value is -1.83. The molecule has 0 fully saturated rings. The molecule has 0 aliphatic carbocycles. The van der Waals surface area contributed by atoms with E-state index in [1.807, 2.05) is 45.0 Å². The van der Waals surface area contributed by atoms with Crippen molar-refractivity contribution in [1.82, 2.24) is 4.98 Å². The topological polar surface area (TPSA) is 32.9 Å². The number of para-hydroxylation sites is 1. The maximum Gasteiger partial charge on any atom is 0.188 e. The quantitative estimate of drug-likeness (QED) is 0.599. The molecular weight excluding hydrogens is 198 g/mol. The minimum Gasteiger partial charge on any atom is -0.358 e. The van der Waals surface area contributed by atoms with Crippen molar-refractivity contribution in [2.75, 3.05) is 0 Å². The Labute approximate surface area is 95.0 Å². The molecule has 0 aliphatic heterocycles. The molecule has 2 heteroatoms.